The van der Waals surface area contributed by atoms with E-state index < -0.39 is 0 Å². The van der Waals surface area contributed by atoms with Crippen molar-refractivity contribution in [3.63, 3.8) is 0 Å². The summed E-state index contributed by atoms with van der Waals surface area (Å²) >= 11 is 0. The molecular weight excluding hydrogens is 326 g/mol. The monoisotopic (exact) mass is 353 g/mol. The van der Waals surface area contributed by atoms with Gasteiger partial charge in [0.1, 0.15) is 0 Å². The predicted octanol–water partition coefficient (Wildman–Crippen LogP) is 2.68. The van der Waals surface area contributed by atoms with E-state index in [4.69, 9.17) is 0 Å². The summed E-state index contributed by atoms with van der Waals surface area (Å²) in [4.78, 5) is 28.3. The van der Waals surface area contributed by atoms with Crippen molar-refractivity contribution in [1.82, 2.24) is 10.2 Å². The lowest BCUT2D eigenvalue weighted by Gasteiger charge is -2.26. The Morgan fingerprint density at radius 2 is 1.50 bits per heavy atom. The quantitative estimate of drug-likeness (QED) is 0.794. The molecule has 1 N–H and O–H groups in total. The van der Waals surface area contributed by atoms with Crippen molar-refractivity contribution in [2.75, 3.05) is 25.0 Å². The van der Waals surface area contributed by atoms with E-state index in [0.29, 0.717) is 6.54 Å². The maximum atomic E-state index is 12.9. The Labute approximate surface area is 155 Å². The fraction of sp³-hybridized carbons (Fsp3) is 0.333. The Kier molecular flexibility index (Phi) is 7.36. The van der Waals surface area contributed by atoms with E-state index in [1.54, 1.807) is 16.8 Å². The average molecular weight is 353 g/mol. The number of hydrogen-bond acceptors (Lipinski definition) is 3. The molecule has 0 atom stereocenters. The normalized spacial score (nSPS) is 10.8. The first kappa shape index (κ1) is 19.7. The van der Waals surface area contributed by atoms with Crippen molar-refractivity contribution in [2.24, 2.45) is 0 Å². The molecule has 0 aliphatic heterocycles. The molecule has 0 bridgehead atoms. The van der Waals surface area contributed by atoms with Crippen LogP contribution in [0.15, 0.2) is 60.7 Å². The van der Waals surface area contributed by atoms with Crippen LogP contribution in [0, 0.1) is 0 Å². The molecule has 2 aromatic rings. The van der Waals surface area contributed by atoms with Crippen molar-refractivity contribution in [1.29, 1.82) is 0 Å². The lowest BCUT2D eigenvalue weighted by atomic mass is 10.2. The largest absolute Gasteiger partial charge is 0.353 e. The van der Waals surface area contributed by atoms with Crippen molar-refractivity contribution >= 4 is 17.5 Å². The fourth-order valence-corrected chi connectivity index (χ4v) is 2.68. The predicted molar refractivity (Wildman–Crippen MR) is 105 cm³/mol. The van der Waals surface area contributed by atoms with Gasteiger partial charge in [-0.2, -0.15) is 0 Å². The molecular formula is C21H27N3O2. The van der Waals surface area contributed by atoms with Gasteiger partial charge in [-0.15, -0.1) is 0 Å². The zero-order valence-electron chi connectivity index (χ0n) is 15.7. The van der Waals surface area contributed by atoms with Gasteiger partial charge in [0.25, 0.3) is 0 Å². The lowest BCUT2D eigenvalue weighted by molar-refractivity contribution is -0.123. The van der Waals surface area contributed by atoms with Gasteiger partial charge in [0, 0.05) is 11.7 Å². The maximum Gasteiger partial charge on any atom is 0.241 e. The van der Waals surface area contributed by atoms with Gasteiger partial charge in [0.2, 0.25) is 11.8 Å². The van der Waals surface area contributed by atoms with E-state index in [1.165, 1.54) is 0 Å². The minimum absolute atomic E-state index is 0.0418. The van der Waals surface area contributed by atoms with Gasteiger partial charge in [0.05, 0.1) is 19.6 Å². The molecule has 5 heteroatoms. The van der Waals surface area contributed by atoms with Crippen LogP contribution in [0.2, 0.25) is 0 Å². The number of hydrogen-bond donors (Lipinski definition) is 1. The fourth-order valence-electron chi connectivity index (χ4n) is 2.68. The smallest absolute Gasteiger partial charge is 0.241 e. The lowest BCUT2D eigenvalue weighted by Crippen LogP contribution is -2.43. The van der Waals surface area contributed by atoms with Crippen molar-refractivity contribution in [3.05, 3.63) is 66.2 Å². The molecule has 0 fully saturated rings. The van der Waals surface area contributed by atoms with Gasteiger partial charge in [-0.05, 0) is 38.6 Å². The molecule has 0 unspecified atom stereocenters. The van der Waals surface area contributed by atoms with Crippen molar-refractivity contribution in [3.8, 4) is 0 Å². The van der Waals surface area contributed by atoms with Crippen LogP contribution in [0.3, 0.4) is 0 Å². The molecule has 138 valence electrons. The molecule has 0 saturated carbocycles. The highest BCUT2D eigenvalue weighted by molar-refractivity contribution is 5.95. The maximum absolute atomic E-state index is 12.9. The second-order valence-electron chi connectivity index (χ2n) is 6.70. The molecule has 0 aliphatic rings. The average Bonchev–Trinajstić information content (AvgIpc) is 2.60. The van der Waals surface area contributed by atoms with E-state index in [0.717, 1.165) is 11.3 Å². The Hall–Kier alpha value is -2.66. The molecule has 0 spiro atoms. The van der Waals surface area contributed by atoms with E-state index in [1.807, 2.05) is 74.5 Å². The van der Waals surface area contributed by atoms with E-state index in [9.17, 15) is 9.59 Å². The van der Waals surface area contributed by atoms with Crippen LogP contribution in [0.25, 0.3) is 0 Å². The Morgan fingerprint density at radius 3 is 2.08 bits per heavy atom. The summed E-state index contributed by atoms with van der Waals surface area (Å²) in [5.41, 5.74) is 1.91. The van der Waals surface area contributed by atoms with E-state index >= 15 is 0 Å². The van der Waals surface area contributed by atoms with Crippen LogP contribution in [0.1, 0.15) is 19.4 Å². The number of benzene rings is 2. The number of nitrogens with one attached hydrogen (secondary N) is 1. The van der Waals surface area contributed by atoms with Crippen molar-refractivity contribution < 1.29 is 9.59 Å². The third kappa shape index (κ3) is 6.33. The summed E-state index contributed by atoms with van der Waals surface area (Å²) in [5.74, 6) is -0.121. The minimum Gasteiger partial charge on any atom is -0.353 e. The summed E-state index contributed by atoms with van der Waals surface area (Å²) in [6.07, 6.45) is 0. The molecule has 5 nitrogen and oxygen atoms in total. The summed E-state index contributed by atoms with van der Waals surface area (Å²) < 4.78 is 0. The van der Waals surface area contributed by atoms with Gasteiger partial charge >= 0.3 is 0 Å². The highest BCUT2D eigenvalue weighted by atomic mass is 16.2. The highest BCUT2D eigenvalue weighted by Gasteiger charge is 2.19. The molecule has 26 heavy (non-hydrogen) atoms. The van der Waals surface area contributed by atoms with Gasteiger partial charge in [-0.25, -0.2) is 0 Å². The number of rotatable bonds is 8. The summed E-state index contributed by atoms with van der Waals surface area (Å²) in [7, 11) is 1.78. The number of likely N-dealkylation sites (N-methyl/N-ethyl adjacent to an activating group) is 1. The molecule has 2 aromatic carbocycles. The number of carbonyl (C=O) groups excluding carboxylic acids is 2. The Balaban J connectivity index is 2.07. The highest BCUT2D eigenvalue weighted by Crippen LogP contribution is 2.17. The van der Waals surface area contributed by atoms with Crippen molar-refractivity contribution in [2.45, 2.75) is 26.4 Å². The number of carbonyl (C=O) groups is 2. The first-order valence-corrected chi connectivity index (χ1v) is 8.83. The first-order valence-electron chi connectivity index (χ1n) is 8.83. The van der Waals surface area contributed by atoms with Crippen LogP contribution >= 0.6 is 0 Å². The number of para-hydroxylation sites is 1. The summed E-state index contributed by atoms with van der Waals surface area (Å²) in [5, 5.41) is 2.84. The second-order valence-corrected chi connectivity index (χ2v) is 6.70. The standard InChI is InChI=1S/C21H27N3O2/c1-17(2)22-20(25)15-23(3)16-21(26)24(19-12-8-5-9-13-19)14-18-10-6-4-7-11-18/h4-13,17H,14-16H2,1-3H3,(H,22,25). The number of nitrogens with zero attached hydrogens (tertiary/aromatic N) is 2. The van der Waals surface area contributed by atoms with Gasteiger partial charge < -0.3 is 10.2 Å². The van der Waals surface area contributed by atoms with Crippen LogP contribution < -0.4 is 10.2 Å². The third-order valence-electron chi connectivity index (χ3n) is 3.82. The van der Waals surface area contributed by atoms with Crippen LogP contribution in [-0.4, -0.2) is 42.9 Å². The van der Waals surface area contributed by atoms with E-state index in [2.05, 4.69) is 5.32 Å². The SMILES string of the molecule is CC(C)NC(=O)CN(C)CC(=O)N(Cc1ccccc1)c1ccccc1. The molecule has 0 aromatic heterocycles. The summed E-state index contributed by atoms with van der Waals surface area (Å²) in [6.45, 7) is 4.70. The van der Waals surface area contributed by atoms with Gasteiger partial charge in [-0.3, -0.25) is 14.5 Å². The Bertz CT molecular complexity index is 702. The number of anilines is 1. The zero-order chi connectivity index (χ0) is 18.9. The molecule has 0 aliphatic carbocycles. The van der Waals surface area contributed by atoms with Gasteiger partial charge in [0.15, 0.2) is 0 Å². The molecule has 0 radical (unpaired) electrons. The minimum atomic E-state index is -0.0791. The Morgan fingerprint density at radius 1 is 0.923 bits per heavy atom. The molecule has 0 saturated heterocycles. The second kappa shape index (κ2) is 9.73. The van der Waals surface area contributed by atoms with Gasteiger partial charge in [-0.1, -0.05) is 48.5 Å². The molecule has 2 rings (SSSR count). The van der Waals surface area contributed by atoms with Crippen LogP contribution in [-0.2, 0) is 16.1 Å². The molecule has 0 heterocycles. The first-order chi connectivity index (χ1) is 12.5. The van der Waals surface area contributed by atoms with Crippen LogP contribution in [0.4, 0.5) is 5.69 Å². The third-order valence-corrected chi connectivity index (χ3v) is 3.82. The van der Waals surface area contributed by atoms with Crippen LogP contribution in [0.5, 0.6) is 0 Å². The number of amides is 2. The van der Waals surface area contributed by atoms with E-state index in [-0.39, 0.29) is 30.9 Å². The zero-order valence-corrected chi connectivity index (χ0v) is 15.7. The topological polar surface area (TPSA) is 52.7 Å². The molecule has 2 amide bonds. The summed E-state index contributed by atoms with van der Waals surface area (Å²) in [6, 6.07) is 19.6.